The van der Waals surface area contributed by atoms with Crippen LogP contribution in [0.1, 0.15) is 206 Å². The zero-order chi connectivity index (χ0) is 41.8. The Labute approximate surface area is 349 Å². The SMILES string of the molecule is CCCC/C=C\CCCCCCCC(=O)OCC(COP(=O)(O)OCCN)OC(=O)CCCCCCCCCCCC/C=C\C/C=C\C/C=C\CCCCCCC. The molecule has 3 N–H and O–H groups in total. The molecule has 0 aliphatic carbocycles. The van der Waals surface area contributed by atoms with Crippen molar-refractivity contribution < 1.29 is 37.6 Å². The predicted molar refractivity (Wildman–Crippen MR) is 238 cm³/mol. The number of hydrogen-bond acceptors (Lipinski definition) is 8. The number of rotatable bonds is 43. The van der Waals surface area contributed by atoms with Gasteiger partial charge in [-0.05, 0) is 70.6 Å². The fraction of sp³-hybridized carbons (Fsp3) is 0.787. The summed E-state index contributed by atoms with van der Waals surface area (Å²) in [5.41, 5.74) is 5.35. The second-order valence-corrected chi connectivity index (χ2v) is 16.7. The van der Waals surface area contributed by atoms with E-state index in [1.54, 1.807) is 0 Å². The van der Waals surface area contributed by atoms with Crippen LogP contribution in [0.5, 0.6) is 0 Å². The van der Waals surface area contributed by atoms with Crippen LogP contribution in [0, 0.1) is 0 Å². The van der Waals surface area contributed by atoms with E-state index < -0.39 is 32.5 Å². The second kappa shape index (κ2) is 43.5. The van der Waals surface area contributed by atoms with Crippen molar-refractivity contribution in [2.24, 2.45) is 5.73 Å². The maximum absolute atomic E-state index is 12.6. The number of unbranched alkanes of at least 4 members (excludes halogenated alkanes) is 22. The van der Waals surface area contributed by atoms with E-state index in [2.05, 4.69) is 62.5 Å². The van der Waals surface area contributed by atoms with Crippen LogP contribution in [0.2, 0.25) is 0 Å². The largest absolute Gasteiger partial charge is 0.472 e. The fourth-order valence-corrected chi connectivity index (χ4v) is 6.98. The van der Waals surface area contributed by atoms with Gasteiger partial charge < -0.3 is 20.1 Å². The summed E-state index contributed by atoms with van der Waals surface area (Å²) in [5, 5.41) is 0. The van der Waals surface area contributed by atoms with E-state index in [0.29, 0.717) is 6.42 Å². The fourth-order valence-electron chi connectivity index (χ4n) is 6.21. The average Bonchev–Trinajstić information content (AvgIpc) is 3.20. The lowest BCUT2D eigenvalue weighted by atomic mass is 10.0. The van der Waals surface area contributed by atoms with Crippen LogP contribution >= 0.6 is 7.82 Å². The highest BCUT2D eigenvalue weighted by molar-refractivity contribution is 7.47. The van der Waals surface area contributed by atoms with Gasteiger partial charge in [0, 0.05) is 19.4 Å². The van der Waals surface area contributed by atoms with Gasteiger partial charge in [-0.3, -0.25) is 18.6 Å². The highest BCUT2D eigenvalue weighted by Gasteiger charge is 2.26. The van der Waals surface area contributed by atoms with Crippen molar-refractivity contribution in [1.82, 2.24) is 0 Å². The first kappa shape index (κ1) is 55.0. The molecule has 0 aromatic carbocycles. The van der Waals surface area contributed by atoms with Crippen LogP contribution in [0.15, 0.2) is 48.6 Å². The van der Waals surface area contributed by atoms with Crippen molar-refractivity contribution in [3.8, 4) is 0 Å². The third-order valence-electron chi connectivity index (χ3n) is 9.69. The Morgan fingerprint density at radius 2 is 0.930 bits per heavy atom. The monoisotopic (exact) mass is 824 g/mol. The molecule has 0 aromatic heterocycles. The normalized spacial score (nSPS) is 13.7. The number of nitrogens with two attached hydrogens (primary N) is 1. The summed E-state index contributed by atoms with van der Waals surface area (Å²) >= 11 is 0. The molecule has 10 heteroatoms. The highest BCUT2D eigenvalue weighted by Crippen LogP contribution is 2.43. The van der Waals surface area contributed by atoms with Gasteiger partial charge in [0.2, 0.25) is 0 Å². The van der Waals surface area contributed by atoms with Gasteiger partial charge in [0.25, 0.3) is 0 Å². The highest BCUT2D eigenvalue weighted by atomic mass is 31.2. The average molecular weight is 824 g/mol. The molecule has 0 amide bonds. The van der Waals surface area contributed by atoms with Crippen LogP contribution in [-0.2, 0) is 32.7 Å². The van der Waals surface area contributed by atoms with E-state index >= 15 is 0 Å². The van der Waals surface area contributed by atoms with Crippen LogP contribution in [0.3, 0.4) is 0 Å². The maximum atomic E-state index is 12.6. The lowest BCUT2D eigenvalue weighted by Gasteiger charge is -2.19. The number of carbonyl (C=O) groups is 2. The molecule has 0 saturated carbocycles. The molecule has 0 saturated heterocycles. The molecule has 2 atom stereocenters. The van der Waals surface area contributed by atoms with Gasteiger partial charge in [-0.2, -0.15) is 0 Å². The molecule has 2 unspecified atom stereocenters. The van der Waals surface area contributed by atoms with Gasteiger partial charge in [0.05, 0.1) is 13.2 Å². The van der Waals surface area contributed by atoms with E-state index in [9.17, 15) is 19.0 Å². The van der Waals surface area contributed by atoms with Gasteiger partial charge in [0.1, 0.15) is 6.61 Å². The summed E-state index contributed by atoms with van der Waals surface area (Å²) < 4.78 is 32.8. The first-order valence-electron chi connectivity index (χ1n) is 23.1. The molecular weight excluding hydrogens is 737 g/mol. The molecule has 0 spiro atoms. The number of hydrogen-bond donors (Lipinski definition) is 2. The van der Waals surface area contributed by atoms with E-state index in [1.165, 1.54) is 89.9 Å². The molecule has 9 nitrogen and oxygen atoms in total. The predicted octanol–water partition coefficient (Wildman–Crippen LogP) is 13.5. The minimum atomic E-state index is -4.38. The Morgan fingerprint density at radius 3 is 1.42 bits per heavy atom. The molecule has 0 heterocycles. The molecule has 0 bridgehead atoms. The first-order valence-corrected chi connectivity index (χ1v) is 24.6. The van der Waals surface area contributed by atoms with Crippen LogP contribution in [-0.4, -0.2) is 49.3 Å². The Bertz CT molecular complexity index is 1080. The van der Waals surface area contributed by atoms with Gasteiger partial charge >= 0.3 is 19.8 Å². The zero-order valence-electron chi connectivity index (χ0n) is 36.6. The standard InChI is InChI=1S/C47H86NO8P/c1-3-5-7-9-11-13-15-16-17-18-19-20-21-22-23-24-25-26-27-28-30-32-34-36-38-40-47(50)56-45(44-55-57(51,52)54-42-41-48)43-53-46(49)39-37-35-33-31-29-14-12-10-8-6-4-2/h10,12,15-16,18-19,21-22,45H,3-9,11,13-14,17,20,23-44,48H2,1-2H3,(H,51,52)/b12-10-,16-15-,19-18-,22-21-. The molecule has 0 aliphatic heterocycles. The number of ether oxygens (including phenoxy) is 2. The van der Waals surface area contributed by atoms with Gasteiger partial charge in [-0.1, -0.05) is 172 Å². The Kier molecular flexibility index (Phi) is 42.0. The van der Waals surface area contributed by atoms with Gasteiger partial charge in [-0.15, -0.1) is 0 Å². The smallest absolute Gasteiger partial charge is 0.462 e. The van der Waals surface area contributed by atoms with Crippen LogP contribution in [0.4, 0.5) is 0 Å². The first-order chi connectivity index (χ1) is 27.8. The number of allylic oxidation sites excluding steroid dienone is 8. The van der Waals surface area contributed by atoms with E-state index in [4.69, 9.17) is 24.3 Å². The van der Waals surface area contributed by atoms with Crippen molar-refractivity contribution in [2.75, 3.05) is 26.4 Å². The quantitative estimate of drug-likeness (QED) is 0.0267. The van der Waals surface area contributed by atoms with E-state index in [0.717, 1.165) is 83.5 Å². The van der Waals surface area contributed by atoms with Crippen molar-refractivity contribution in [3.63, 3.8) is 0 Å². The zero-order valence-corrected chi connectivity index (χ0v) is 37.5. The molecule has 0 aliphatic rings. The van der Waals surface area contributed by atoms with Crippen molar-refractivity contribution in [1.29, 1.82) is 0 Å². The number of phosphoric acid groups is 1. The van der Waals surface area contributed by atoms with E-state index in [1.807, 2.05) is 0 Å². The summed E-state index contributed by atoms with van der Waals surface area (Å²) in [7, 11) is -4.38. The molecule has 57 heavy (non-hydrogen) atoms. The summed E-state index contributed by atoms with van der Waals surface area (Å²) in [6.45, 7) is 3.67. The third kappa shape index (κ3) is 43.4. The Balaban J connectivity index is 4.05. The molecule has 332 valence electrons. The summed E-state index contributed by atoms with van der Waals surface area (Å²) in [6, 6.07) is 0. The third-order valence-corrected chi connectivity index (χ3v) is 10.7. The molecule has 0 radical (unpaired) electrons. The minimum Gasteiger partial charge on any atom is -0.462 e. The second-order valence-electron chi connectivity index (χ2n) is 15.3. The van der Waals surface area contributed by atoms with Crippen molar-refractivity contribution in [3.05, 3.63) is 48.6 Å². The maximum Gasteiger partial charge on any atom is 0.472 e. The Morgan fingerprint density at radius 1 is 0.526 bits per heavy atom. The molecule has 0 aromatic rings. The van der Waals surface area contributed by atoms with Crippen LogP contribution < -0.4 is 5.73 Å². The number of esters is 2. The Hall–Kier alpha value is -2.03. The number of phosphoric ester groups is 1. The van der Waals surface area contributed by atoms with Gasteiger partial charge in [-0.25, -0.2) is 4.57 Å². The van der Waals surface area contributed by atoms with Crippen LogP contribution in [0.25, 0.3) is 0 Å². The van der Waals surface area contributed by atoms with Crippen molar-refractivity contribution in [2.45, 2.75) is 213 Å². The lowest BCUT2D eigenvalue weighted by molar-refractivity contribution is -0.161. The lowest BCUT2D eigenvalue weighted by Crippen LogP contribution is -2.29. The molecule has 0 rings (SSSR count). The summed E-state index contributed by atoms with van der Waals surface area (Å²) in [4.78, 5) is 34.8. The van der Waals surface area contributed by atoms with E-state index in [-0.39, 0.29) is 32.6 Å². The summed E-state index contributed by atoms with van der Waals surface area (Å²) in [6.07, 6.45) is 50.1. The topological polar surface area (TPSA) is 134 Å². The number of carbonyl (C=O) groups excluding carboxylic acids is 2. The van der Waals surface area contributed by atoms with Crippen molar-refractivity contribution >= 4 is 19.8 Å². The molecule has 0 fully saturated rings. The molecular formula is C47H86NO8P. The van der Waals surface area contributed by atoms with Gasteiger partial charge in [0.15, 0.2) is 6.10 Å². The minimum absolute atomic E-state index is 0.0505. The summed E-state index contributed by atoms with van der Waals surface area (Å²) in [5.74, 6) is -0.844.